The monoisotopic (exact) mass is 179 g/mol. The van der Waals surface area contributed by atoms with Crippen LogP contribution in [-0.4, -0.2) is 12.8 Å². The summed E-state index contributed by atoms with van der Waals surface area (Å²) in [6.07, 6.45) is -0.140. The Morgan fingerprint density at radius 2 is 2.00 bits per heavy atom. The summed E-state index contributed by atoms with van der Waals surface area (Å²) in [6.45, 7) is 3.82. The second-order valence-corrected chi connectivity index (χ2v) is 2.37. The zero-order valence-corrected chi connectivity index (χ0v) is 7.23. The van der Waals surface area contributed by atoms with Gasteiger partial charge in [0, 0.05) is 0 Å². The minimum absolute atomic E-state index is 0.283. The van der Waals surface area contributed by atoms with Crippen LogP contribution < -0.4 is 4.74 Å². The van der Waals surface area contributed by atoms with Crippen molar-refractivity contribution < 1.29 is 14.3 Å². The molecular weight excluding hydrogens is 168 g/mol. The van der Waals surface area contributed by atoms with Crippen molar-refractivity contribution in [3.63, 3.8) is 0 Å². The number of ether oxygens (including phenoxy) is 2. The van der Waals surface area contributed by atoms with E-state index in [9.17, 15) is 4.79 Å². The maximum atomic E-state index is 10.9. The van der Waals surface area contributed by atoms with E-state index in [0.717, 1.165) is 0 Å². The van der Waals surface area contributed by atoms with Gasteiger partial charge in [0.25, 0.3) is 0 Å². The molecule has 0 aliphatic heterocycles. The maximum Gasteiger partial charge on any atom is 0.513 e. The van der Waals surface area contributed by atoms with E-state index >= 15 is 0 Å². The van der Waals surface area contributed by atoms with Gasteiger partial charge in [-0.2, -0.15) is 0 Å². The predicted molar refractivity (Wildman–Crippen MR) is 48.4 cm³/mol. The highest BCUT2D eigenvalue weighted by atomic mass is 16.7. The summed E-state index contributed by atoms with van der Waals surface area (Å²) >= 11 is 0. The number of para-hydroxylation sites is 1. The SMILES string of the molecule is [CH2]CCOC(=O)Oc1ccccc1. The van der Waals surface area contributed by atoms with Crippen molar-refractivity contribution in [1.29, 1.82) is 0 Å². The molecule has 3 heteroatoms. The van der Waals surface area contributed by atoms with Gasteiger partial charge in [0.2, 0.25) is 0 Å². The third-order valence-electron chi connectivity index (χ3n) is 1.31. The summed E-state index contributed by atoms with van der Waals surface area (Å²) < 4.78 is 9.50. The fourth-order valence-electron chi connectivity index (χ4n) is 0.770. The van der Waals surface area contributed by atoms with E-state index in [1.165, 1.54) is 0 Å². The van der Waals surface area contributed by atoms with Crippen LogP contribution in [0.15, 0.2) is 30.3 Å². The van der Waals surface area contributed by atoms with Crippen LogP contribution in [-0.2, 0) is 4.74 Å². The van der Waals surface area contributed by atoms with Gasteiger partial charge in [0.15, 0.2) is 0 Å². The second-order valence-electron chi connectivity index (χ2n) is 2.37. The van der Waals surface area contributed by atoms with Gasteiger partial charge in [0.05, 0.1) is 6.61 Å². The Bertz CT molecular complexity index is 256. The van der Waals surface area contributed by atoms with Crippen LogP contribution in [0.1, 0.15) is 6.42 Å². The molecule has 0 amide bonds. The van der Waals surface area contributed by atoms with Crippen LogP contribution in [0.2, 0.25) is 0 Å². The highest BCUT2D eigenvalue weighted by Crippen LogP contribution is 2.08. The Kier molecular flexibility index (Phi) is 3.82. The molecule has 3 nitrogen and oxygen atoms in total. The molecule has 1 aromatic rings. The summed E-state index contributed by atoms with van der Waals surface area (Å²) in [6, 6.07) is 8.78. The molecule has 0 atom stereocenters. The quantitative estimate of drug-likeness (QED) is 0.528. The first kappa shape index (κ1) is 9.58. The number of rotatable bonds is 3. The highest BCUT2D eigenvalue weighted by Gasteiger charge is 2.03. The molecule has 0 saturated carbocycles. The third-order valence-corrected chi connectivity index (χ3v) is 1.31. The summed E-state index contributed by atoms with van der Waals surface area (Å²) in [5.41, 5.74) is 0. The van der Waals surface area contributed by atoms with Crippen molar-refractivity contribution in [3.8, 4) is 5.75 Å². The standard InChI is InChI=1S/C10H11O3/c1-2-8-12-10(11)13-9-6-4-3-5-7-9/h3-7H,1-2,8H2. The lowest BCUT2D eigenvalue weighted by atomic mass is 10.3. The summed E-state index contributed by atoms with van der Waals surface area (Å²) in [5.74, 6) is 0.483. The molecule has 0 saturated heterocycles. The minimum Gasteiger partial charge on any atom is -0.434 e. The Hall–Kier alpha value is -1.51. The maximum absolute atomic E-state index is 10.9. The number of carbonyl (C=O) groups is 1. The summed E-state index contributed by atoms with van der Waals surface area (Å²) in [4.78, 5) is 10.9. The van der Waals surface area contributed by atoms with Gasteiger partial charge in [-0.25, -0.2) is 4.79 Å². The molecule has 0 aliphatic carbocycles. The fraction of sp³-hybridized carbons (Fsp3) is 0.200. The molecule has 13 heavy (non-hydrogen) atoms. The van der Waals surface area contributed by atoms with E-state index in [1.54, 1.807) is 24.3 Å². The Balaban J connectivity index is 2.37. The molecule has 0 N–H and O–H groups in total. The molecule has 0 heterocycles. The number of hydrogen-bond donors (Lipinski definition) is 0. The predicted octanol–water partition coefficient (Wildman–Crippen LogP) is 2.43. The van der Waals surface area contributed by atoms with E-state index in [0.29, 0.717) is 12.2 Å². The number of hydrogen-bond acceptors (Lipinski definition) is 3. The van der Waals surface area contributed by atoms with Gasteiger partial charge in [-0.15, -0.1) is 0 Å². The van der Waals surface area contributed by atoms with E-state index < -0.39 is 6.16 Å². The smallest absolute Gasteiger partial charge is 0.434 e. The molecule has 1 aromatic carbocycles. The average Bonchev–Trinajstić information content (AvgIpc) is 2.16. The van der Waals surface area contributed by atoms with Gasteiger partial charge in [-0.3, -0.25) is 0 Å². The second kappa shape index (κ2) is 5.19. The topological polar surface area (TPSA) is 35.5 Å². The molecular formula is C10H11O3. The zero-order valence-electron chi connectivity index (χ0n) is 7.23. The van der Waals surface area contributed by atoms with E-state index in [2.05, 4.69) is 11.7 Å². The van der Waals surface area contributed by atoms with Crippen LogP contribution in [0.4, 0.5) is 4.79 Å². The van der Waals surface area contributed by atoms with Crippen LogP contribution in [0.3, 0.4) is 0 Å². The molecule has 0 spiro atoms. The van der Waals surface area contributed by atoms with E-state index in [4.69, 9.17) is 4.74 Å². The molecule has 1 radical (unpaired) electrons. The highest BCUT2D eigenvalue weighted by molar-refractivity contribution is 5.63. The van der Waals surface area contributed by atoms with Crippen molar-refractivity contribution in [1.82, 2.24) is 0 Å². The minimum atomic E-state index is -0.685. The van der Waals surface area contributed by atoms with Gasteiger partial charge >= 0.3 is 6.16 Å². The third kappa shape index (κ3) is 3.60. The normalized spacial score (nSPS) is 9.31. The number of benzene rings is 1. The van der Waals surface area contributed by atoms with Crippen LogP contribution in [0.25, 0.3) is 0 Å². The lowest BCUT2D eigenvalue weighted by Gasteiger charge is -2.03. The van der Waals surface area contributed by atoms with Gasteiger partial charge in [-0.1, -0.05) is 18.2 Å². The Morgan fingerprint density at radius 3 is 2.62 bits per heavy atom. The van der Waals surface area contributed by atoms with Crippen LogP contribution >= 0.6 is 0 Å². The van der Waals surface area contributed by atoms with E-state index in [-0.39, 0.29) is 6.61 Å². The fourth-order valence-corrected chi connectivity index (χ4v) is 0.770. The van der Waals surface area contributed by atoms with Gasteiger partial charge < -0.3 is 9.47 Å². The van der Waals surface area contributed by atoms with Crippen molar-refractivity contribution in [2.45, 2.75) is 6.42 Å². The summed E-state index contributed by atoms with van der Waals surface area (Å²) in [5, 5.41) is 0. The Morgan fingerprint density at radius 1 is 1.31 bits per heavy atom. The van der Waals surface area contributed by atoms with Crippen molar-refractivity contribution >= 4 is 6.16 Å². The molecule has 69 valence electrons. The first-order chi connectivity index (χ1) is 6.33. The van der Waals surface area contributed by atoms with Gasteiger partial charge in [-0.05, 0) is 25.5 Å². The van der Waals surface area contributed by atoms with E-state index in [1.807, 2.05) is 6.07 Å². The van der Waals surface area contributed by atoms with Crippen LogP contribution in [0, 0.1) is 6.92 Å². The first-order valence-electron chi connectivity index (χ1n) is 4.02. The van der Waals surface area contributed by atoms with Crippen molar-refractivity contribution in [3.05, 3.63) is 37.3 Å². The number of carbonyl (C=O) groups excluding carboxylic acids is 1. The van der Waals surface area contributed by atoms with Crippen molar-refractivity contribution in [2.75, 3.05) is 6.61 Å². The van der Waals surface area contributed by atoms with Crippen LogP contribution in [0.5, 0.6) is 5.75 Å². The first-order valence-corrected chi connectivity index (χ1v) is 4.02. The lowest BCUT2D eigenvalue weighted by molar-refractivity contribution is 0.101. The molecule has 0 aromatic heterocycles. The average molecular weight is 179 g/mol. The molecule has 0 aliphatic rings. The van der Waals surface area contributed by atoms with Crippen molar-refractivity contribution in [2.24, 2.45) is 0 Å². The molecule has 0 unspecified atom stereocenters. The zero-order chi connectivity index (χ0) is 9.52. The molecule has 0 fully saturated rings. The lowest BCUT2D eigenvalue weighted by Crippen LogP contribution is -2.10. The Labute approximate surface area is 77.3 Å². The summed E-state index contributed by atoms with van der Waals surface area (Å²) in [7, 11) is 0. The molecule has 1 rings (SSSR count). The molecule has 0 bridgehead atoms. The largest absolute Gasteiger partial charge is 0.513 e. The van der Waals surface area contributed by atoms with Gasteiger partial charge in [0.1, 0.15) is 5.75 Å².